The SMILES string of the molecule is COCCCNC(=O)c1ccnc(Nc2ccc(OC)c(OC)c2)c1. The number of benzene rings is 1. The number of anilines is 2. The molecule has 7 nitrogen and oxygen atoms in total. The predicted octanol–water partition coefficient (Wildman–Crippen LogP) is 2.61. The Bertz CT molecular complexity index is 706. The van der Waals surface area contributed by atoms with Crippen LogP contribution >= 0.6 is 0 Å². The molecule has 0 fully saturated rings. The van der Waals surface area contributed by atoms with E-state index in [1.165, 1.54) is 0 Å². The van der Waals surface area contributed by atoms with Crippen LogP contribution in [-0.2, 0) is 4.74 Å². The predicted molar refractivity (Wildman–Crippen MR) is 95.9 cm³/mol. The summed E-state index contributed by atoms with van der Waals surface area (Å²) in [6, 6.07) is 8.82. The van der Waals surface area contributed by atoms with E-state index in [4.69, 9.17) is 14.2 Å². The molecule has 0 aliphatic rings. The number of pyridine rings is 1. The first kappa shape index (κ1) is 18.5. The molecule has 25 heavy (non-hydrogen) atoms. The standard InChI is InChI=1S/C18H23N3O4/c1-23-10-4-8-20-18(22)13-7-9-19-17(11-13)21-14-5-6-15(24-2)16(12-14)25-3/h5-7,9,11-12H,4,8,10H2,1-3H3,(H,19,21)(H,20,22). The molecule has 0 aliphatic carbocycles. The molecule has 2 rings (SSSR count). The number of aromatic nitrogens is 1. The average Bonchev–Trinajstić information content (AvgIpc) is 2.65. The molecule has 2 N–H and O–H groups in total. The highest BCUT2D eigenvalue weighted by Crippen LogP contribution is 2.30. The zero-order chi connectivity index (χ0) is 18.1. The zero-order valence-electron chi connectivity index (χ0n) is 14.7. The molecule has 1 aromatic heterocycles. The number of amides is 1. The molecule has 0 bridgehead atoms. The summed E-state index contributed by atoms with van der Waals surface area (Å²) < 4.78 is 15.5. The number of rotatable bonds is 9. The van der Waals surface area contributed by atoms with Gasteiger partial charge in [-0.25, -0.2) is 4.98 Å². The lowest BCUT2D eigenvalue weighted by atomic mass is 10.2. The summed E-state index contributed by atoms with van der Waals surface area (Å²) in [7, 11) is 4.80. The fraction of sp³-hybridized carbons (Fsp3) is 0.333. The second-order valence-electron chi connectivity index (χ2n) is 5.23. The van der Waals surface area contributed by atoms with E-state index < -0.39 is 0 Å². The molecule has 1 aromatic carbocycles. The van der Waals surface area contributed by atoms with E-state index in [1.807, 2.05) is 6.07 Å². The lowest BCUT2D eigenvalue weighted by molar-refractivity contribution is 0.0948. The van der Waals surface area contributed by atoms with Gasteiger partial charge in [-0.1, -0.05) is 0 Å². The summed E-state index contributed by atoms with van der Waals surface area (Å²) in [5.41, 5.74) is 1.32. The van der Waals surface area contributed by atoms with Gasteiger partial charge in [-0.2, -0.15) is 0 Å². The molecule has 7 heteroatoms. The number of nitrogens with zero attached hydrogens (tertiary/aromatic N) is 1. The van der Waals surface area contributed by atoms with Crippen molar-refractivity contribution < 1.29 is 19.0 Å². The number of carbonyl (C=O) groups is 1. The number of hydrogen-bond donors (Lipinski definition) is 2. The van der Waals surface area contributed by atoms with Gasteiger partial charge in [0.1, 0.15) is 5.82 Å². The normalized spacial score (nSPS) is 10.2. The van der Waals surface area contributed by atoms with Crippen molar-refractivity contribution in [1.82, 2.24) is 10.3 Å². The van der Waals surface area contributed by atoms with Crippen LogP contribution in [0.25, 0.3) is 0 Å². The van der Waals surface area contributed by atoms with E-state index in [1.54, 1.807) is 51.8 Å². The van der Waals surface area contributed by atoms with Gasteiger partial charge in [0.25, 0.3) is 5.91 Å². The lowest BCUT2D eigenvalue weighted by Gasteiger charge is -2.11. The zero-order valence-corrected chi connectivity index (χ0v) is 14.7. The van der Waals surface area contributed by atoms with Crippen molar-refractivity contribution in [2.24, 2.45) is 0 Å². The minimum absolute atomic E-state index is 0.145. The maximum atomic E-state index is 12.2. The van der Waals surface area contributed by atoms with Crippen LogP contribution < -0.4 is 20.1 Å². The van der Waals surface area contributed by atoms with Crippen molar-refractivity contribution in [2.45, 2.75) is 6.42 Å². The molecule has 0 aliphatic heterocycles. The Morgan fingerprint density at radius 1 is 1.08 bits per heavy atom. The maximum absolute atomic E-state index is 12.2. The third kappa shape index (κ3) is 5.36. The summed E-state index contributed by atoms with van der Waals surface area (Å²) in [5, 5.41) is 6.00. The van der Waals surface area contributed by atoms with E-state index in [-0.39, 0.29) is 5.91 Å². The second kappa shape index (κ2) is 9.48. The molecule has 0 saturated heterocycles. The van der Waals surface area contributed by atoms with Crippen molar-refractivity contribution in [3.05, 3.63) is 42.1 Å². The van der Waals surface area contributed by atoms with Gasteiger partial charge in [-0.15, -0.1) is 0 Å². The van der Waals surface area contributed by atoms with E-state index in [9.17, 15) is 4.79 Å². The highest BCUT2D eigenvalue weighted by Gasteiger charge is 2.08. The minimum atomic E-state index is -0.145. The van der Waals surface area contributed by atoms with Crippen LogP contribution in [0.2, 0.25) is 0 Å². The molecule has 1 amide bonds. The highest BCUT2D eigenvalue weighted by atomic mass is 16.5. The van der Waals surface area contributed by atoms with Crippen LogP contribution in [-0.4, -0.2) is 45.4 Å². The van der Waals surface area contributed by atoms with Crippen molar-refractivity contribution in [2.75, 3.05) is 39.8 Å². The molecule has 2 aromatic rings. The molecular weight excluding hydrogens is 322 g/mol. The van der Waals surface area contributed by atoms with E-state index in [2.05, 4.69) is 15.6 Å². The van der Waals surface area contributed by atoms with Crippen LogP contribution in [0.4, 0.5) is 11.5 Å². The molecule has 1 heterocycles. The smallest absolute Gasteiger partial charge is 0.251 e. The molecule has 134 valence electrons. The number of hydrogen-bond acceptors (Lipinski definition) is 6. The number of carbonyl (C=O) groups excluding carboxylic acids is 1. The first-order valence-electron chi connectivity index (χ1n) is 7.90. The molecule has 0 radical (unpaired) electrons. The van der Waals surface area contributed by atoms with E-state index in [0.29, 0.717) is 36.0 Å². The number of nitrogens with one attached hydrogen (secondary N) is 2. The quantitative estimate of drug-likeness (QED) is 0.680. The Hall–Kier alpha value is -2.80. The summed E-state index contributed by atoms with van der Waals surface area (Å²) >= 11 is 0. The molecule has 0 unspecified atom stereocenters. The summed E-state index contributed by atoms with van der Waals surface area (Å²) in [6.07, 6.45) is 2.36. The third-order valence-electron chi connectivity index (χ3n) is 3.49. The Balaban J connectivity index is 2.05. The summed E-state index contributed by atoms with van der Waals surface area (Å²) in [4.78, 5) is 16.4. The Labute approximate surface area is 147 Å². The van der Waals surface area contributed by atoms with Crippen molar-refractivity contribution in [3.63, 3.8) is 0 Å². The van der Waals surface area contributed by atoms with Gasteiger partial charge in [-0.05, 0) is 30.7 Å². The van der Waals surface area contributed by atoms with Gasteiger partial charge in [-0.3, -0.25) is 4.79 Å². The monoisotopic (exact) mass is 345 g/mol. The summed E-state index contributed by atoms with van der Waals surface area (Å²) in [6.45, 7) is 1.18. The van der Waals surface area contributed by atoms with Crippen LogP contribution in [0, 0.1) is 0 Å². The van der Waals surface area contributed by atoms with Crippen LogP contribution in [0.3, 0.4) is 0 Å². The first-order valence-corrected chi connectivity index (χ1v) is 7.90. The fourth-order valence-corrected chi connectivity index (χ4v) is 2.22. The fourth-order valence-electron chi connectivity index (χ4n) is 2.22. The van der Waals surface area contributed by atoms with Crippen LogP contribution in [0.15, 0.2) is 36.5 Å². The van der Waals surface area contributed by atoms with Crippen molar-refractivity contribution >= 4 is 17.4 Å². The molecular formula is C18H23N3O4. The Morgan fingerprint density at radius 2 is 1.88 bits per heavy atom. The van der Waals surface area contributed by atoms with Gasteiger partial charge < -0.3 is 24.8 Å². The highest BCUT2D eigenvalue weighted by molar-refractivity contribution is 5.94. The molecule has 0 spiro atoms. The van der Waals surface area contributed by atoms with E-state index in [0.717, 1.165) is 12.1 Å². The van der Waals surface area contributed by atoms with Crippen LogP contribution in [0.1, 0.15) is 16.8 Å². The number of methoxy groups -OCH3 is 3. The van der Waals surface area contributed by atoms with Crippen molar-refractivity contribution in [3.8, 4) is 11.5 Å². The van der Waals surface area contributed by atoms with Crippen LogP contribution in [0.5, 0.6) is 11.5 Å². The Kier molecular flexibility index (Phi) is 7.03. The largest absolute Gasteiger partial charge is 0.493 e. The van der Waals surface area contributed by atoms with Gasteiger partial charge in [0, 0.05) is 43.8 Å². The van der Waals surface area contributed by atoms with E-state index >= 15 is 0 Å². The molecule has 0 saturated carbocycles. The maximum Gasteiger partial charge on any atom is 0.251 e. The third-order valence-corrected chi connectivity index (χ3v) is 3.49. The first-order chi connectivity index (χ1) is 12.2. The Morgan fingerprint density at radius 3 is 2.60 bits per heavy atom. The van der Waals surface area contributed by atoms with Gasteiger partial charge in [0.15, 0.2) is 11.5 Å². The minimum Gasteiger partial charge on any atom is -0.493 e. The van der Waals surface area contributed by atoms with Gasteiger partial charge >= 0.3 is 0 Å². The number of ether oxygens (including phenoxy) is 3. The lowest BCUT2D eigenvalue weighted by Crippen LogP contribution is -2.25. The second-order valence-corrected chi connectivity index (χ2v) is 5.23. The molecule has 0 atom stereocenters. The summed E-state index contributed by atoms with van der Waals surface area (Å²) in [5.74, 6) is 1.68. The van der Waals surface area contributed by atoms with Gasteiger partial charge in [0.05, 0.1) is 14.2 Å². The van der Waals surface area contributed by atoms with Gasteiger partial charge in [0.2, 0.25) is 0 Å². The average molecular weight is 345 g/mol. The van der Waals surface area contributed by atoms with Crippen molar-refractivity contribution in [1.29, 1.82) is 0 Å². The topological polar surface area (TPSA) is 81.7 Å².